The fourth-order valence-corrected chi connectivity index (χ4v) is 2.90. The van der Waals surface area contributed by atoms with Gasteiger partial charge in [-0.2, -0.15) is 0 Å². The van der Waals surface area contributed by atoms with Crippen LogP contribution in [-0.4, -0.2) is 48.2 Å². The van der Waals surface area contributed by atoms with Crippen molar-refractivity contribution in [2.75, 3.05) is 25.1 Å². The number of anilines is 1. The summed E-state index contributed by atoms with van der Waals surface area (Å²) in [6.45, 7) is 4.93. The fraction of sp³-hybridized carbons (Fsp3) is 0.533. The van der Waals surface area contributed by atoms with Crippen molar-refractivity contribution >= 4 is 11.6 Å². The molecule has 1 aliphatic rings. The summed E-state index contributed by atoms with van der Waals surface area (Å²) in [5, 5.41) is 9.25. The summed E-state index contributed by atoms with van der Waals surface area (Å²) in [5.41, 5.74) is 2.25. The molecule has 104 valence electrons. The lowest BCUT2D eigenvalue weighted by atomic mass is 10.0. The molecule has 0 radical (unpaired) electrons. The van der Waals surface area contributed by atoms with Crippen LogP contribution in [0.3, 0.4) is 0 Å². The molecule has 1 aromatic rings. The highest BCUT2D eigenvalue weighted by molar-refractivity contribution is 5.87. The number of aryl methyl sites for hydroxylation is 1. The van der Waals surface area contributed by atoms with Crippen LogP contribution in [0.15, 0.2) is 24.3 Å². The normalized spacial score (nSPS) is 23.9. The van der Waals surface area contributed by atoms with E-state index in [4.69, 9.17) is 0 Å². The number of hydrogen-bond donors (Lipinski definition) is 1. The first-order valence-corrected chi connectivity index (χ1v) is 6.76. The molecule has 0 spiro atoms. The molecule has 0 aromatic heterocycles. The molecule has 1 fully saturated rings. The Morgan fingerprint density at radius 3 is 2.68 bits per heavy atom. The Hall–Kier alpha value is -1.55. The van der Waals surface area contributed by atoms with E-state index in [0.717, 1.165) is 17.8 Å². The first kappa shape index (κ1) is 13.9. The van der Waals surface area contributed by atoms with Gasteiger partial charge in [-0.15, -0.1) is 0 Å². The van der Waals surface area contributed by atoms with Crippen molar-refractivity contribution < 1.29 is 9.90 Å². The predicted octanol–water partition coefficient (Wildman–Crippen LogP) is 1.41. The van der Waals surface area contributed by atoms with Gasteiger partial charge in [-0.1, -0.05) is 18.2 Å². The Labute approximate surface area is 114 Å². The summed E-state index contributed by atoms with van der Waals surface area (Å²) in [7, 11) is 1.83. The SMILES string of the molecule is Cc1ccccc1N1C(C)CN(C)C(=O)C1CCO. The van der Waals surface area contributed by atoms with Crippen LogP contribution in [0.5, 0.6) is 0 Å². The molecule has 1 aliphatic heterocycles. The van der Waals surface area contributed by atoms with Gasteiger partial charge in [0.15, 0.2) is 0 Å². The monoisotopic (exact) mass is 262 g/mol. The molecule has 0 bridgehead atoms. The summed E-state index contributed by atoms with van der Waals surface area (Å²) < 4.78 is 0. The molecule has 2 atom stereocenters. The zero-order valence-corrected chi connectivity index (χ0v) is 11.8. The first-order chi connectivity index (χ1) is 9.06. The van der Waals surface area contributed by atoms with Crippen molar-refractivity contribution in [2.45, 2.75) is 32.4 Å². The van der Waals surface area contributed by atoms with Gasteiger partial charge >= 0.3 is 0 Å². The van der Waals surface area contributed by atoms with E-state index in [1.54, 1.807) is 4.90 Å². The van der Waals surface area contributed by atoms with E-state index in [1.807, 2.05) is 19.2 Å². The van der Waals surface area contributed by atoms with E-state index in [0.29, 0.717) is 6.42 Å². The predicted molar refractivity (Wildman–Crippen MR) is 76.2 cm³/mol. The molecule has 0 saturated carbocycles. The Morgan fingerprint density at radius 1 is 1.37 bits per heavy atom. The summed E-state index contributed by atoms with van der Waals surface area (Å²) in [4.78, 5) is 16.3. The molecule has 4 heteroatoms. The van der Waals surface area contributed by atoms with E-state index in [1.165, 1.54) is 0 Å². The molecular formula is C15H22N2O2. The Morgan fingerprint density at radius 2 is 2.05 bits per heavy atom. The number of piperazine rings is 1. The average Bonchev–Trinajstić information content (AvgIpc) is 2.38. The second-order valence-corrected chi connectivity index (χ2v) is 5.29. The van der Waals surface area contributed by atoms with Crippen molar-refractivity contribution in [2.24, 2.45) is 0 Å². The van der Waals surface area contributed by atoms with Gasteiger partial charge in [0.2, 0.25) is 5.91 Å². The molecule has 1 N–H and O–H groups in total. The van der Waals surface area contributed by atoms with Gasteiger partial charge < -0.3 is 14.9 Å². The zero-order chi connectivity index (χ0) is 14.0. The minimum Gasteiger partial charge on any atom is -0.396 e. The van der Waals surface area contributed by atoms with Gasteiger partial charge in [-0.05, 0) is 31.9 Å². The quantitative estimate of drug-likeness (QED) is 0.896. The van der Waals surface area contributed by atoms with Crippen molar-refractivity contribution in [1.82, 2.24) is 4.90 Å². The topological polar surface area (TPSA) is 43.8 Å². The largest absolute Gasteiger partial charge is 0.396 e. The van der Waals surface area contributed by atoms with Gasteiger partial charge in [-0.25, -0.2) is 0 Å². The fourth-order valence-electron chi connectivity index (χ4n) is 2.90. The summed E-state index contributed by atoms with van der Waals surface area (Å²) in [6, 6.07) is 8.09. The number of benzene rings is 1. The number of hydrogen-bond acceptors (Lipinski definition) is 3. The number of para-hydroxylation sites is 1. The van der Waals surface area contributed by atoms with E-state index < -0.39 is 0 Å². The number of carbonyl (C=O) groups excluding carboxylic acids is 1. The van der Waals surface area contributed by atoms with Crippen LogP contribution in [0.4, 0.5) is 5.69 Å². The van der Waals surface area contributed by atoms with Crippen LogP contribution in [-0.2, 0) is 4.79 Å². The number of aliphatic hydroxyl groups is 1. The van der Waals surface area contributed by atoms with E-state index in [2.05, 4.69) is 30.9 Å². The second-order valence-electron chi connectivity index (χ2n) is 5.29. The molecule has 4 nitrogen and oxygen atoms in total. The van der Waals surface area contributed by atoms with E-state index >= 15 is 0 Å². The lowest BCUT2D eigenvalue weighted by Crippen LogP contribution is -2.60. The maximum Gasteiger partial charge on any atom is 0.245 e. The minimum atomic E-state index is -0.264. The van der Waals surface area contributed by atoms with Gasteiger partial charge in [0, 0.05) is 31.9 Å². The molecule has 2 unspecified atom stereocenters. The highest BCUT2D eigenvalue weighted by Gasteiger charge is 2.37. The maximum absolute atomic E-state index is 12.3. The average molecular weight is 262 g/mol. The van der Waals surface area contributed by atoms with Crippen LogP contribution in [0.25, 0.3) is 0 Å². The van der Waals surface area contributed by atoms with Crippen LogP contribution in [0.2, 0.25) is 0 Å². The molecule has 1 saturated heterocycles. The summed E-state index contributed by atoms with van der Waals surface area (Å²) in [5.74, 6) is 0.0930. The highest BCUT2D eigenvalue weighted by atomic mass is 16.3. The number of rotatable bonds is 3. The molecule has 1 amide bonds. The summed E-state index contributed by atoms with van der Waals surface area (Å²) in [6.07, 6.45) is 0.474. The molecule has 1 heterocycles. The number of aliphatic hydroxyl groups excluding tert-OH is 1. The third kappa shape index (κ3) is 2.59. The third-order valence-electron chi connectivity index (χ3n) is 3.81. The number of likely N-dealkylation sites (N-methyl/N-ethyl adjacent to an activating group) is 1. The first-order valence-electron chi connectivity index (χ1n) is 6.76. The zero-order valence-electron chi connectivity index (χ0n) is 11.8. The van der Waals surface area contributed by atoms with Crippen molar-refractivity contribution in [3.63, 3.8) is 0 Å². The maximum atomic E-state index is 12.3. The smallest absolute Gasteiger partial charge is 0.245 e. The molecule has 1 aromatic carbocycles. The third-order valence-corrected chi connectivity index (χ3v) is 3.81. The van der Waals surface area contributed by atoms with E-state index in [-0.39, 0.29) is 24.6 Å². The van der Waals surface area contributed by atoms with Crippen molar-refractivity contribution in [3.8, 4) is 0 Å². The Balaban J connectivity index is 2.39. The van der Waals surface area contributed by atoms with E-state index in [9.17, 15) is 9.90 Å². The molecular weight excluding hydrogens is 240 g/mol. The lowest BCUT2D eigenvalue weighted by molar-refractivity contribution is -0.134. The number of nitrogens with zero attached hydrogens (tertiary/aromatic N) is 2. The van der Waals surface area contributed by atoms with Gasteiger partial charge in [0.25, 0.3) is 0 Å². The highest BCUT2D eigenvalue weighted by Crippen LogP contribution is 2.29. The van der Waals surface area contributed by atoms with Crippen LogP contribution >= 0.6 is 0 Å². The number of amides is 1. The van der Waals surface area contributed by atoms with Gasteiger partial charge in [-0.3, -0.25) is 4.79 Å². The van der Waals surface area contributed by atoms with Crippen LogP contribution < -0.4 is 4.90 Å². The summed E-state index contributed by atoms with van der Waals surface area (Å²) >= 11 is 0. The molecule has 0 aliphatic carbocycles. The number of carbonyl (C=O) groups is 1. The van der Waals surface area contributed by atoms with Gasteiger partial charge in [0.1, 0.15) is 6.04 Å². The second kappa shape index (κ2) is 5.61. The Bertz CT molecular complexity index is 461. The molecule has 2 rings (SSSR count). The van der Waals surface area contributed by atoms with Crippen molar-refractivity contribution in [1.29, 1.82) is 0 Å². The lowest BCUT2D eigenvalue weighted by Gasteiger charge is -2.45. The molecule has 19 heavy (non-hydrogen) atoms. The Kier molecular flexibility index (Phi) is 4.10. The standard InChI is InChI=1S/C15H22N2O2/c1-11-6-4-5-7-13(11)17-12(2)10-16(3)15(19)14(17)8-9-18/h4-7,12,14,18H,8-10H2,1-3H3. The minimum absolute atomic E-state index is 0.0271. The van der Waals surface area contributed by atoms with Gasteiger partial charge in [0.05, 0.1) is 0 Å². The van der Waals surface area contributed by atoms with Crippen LogP contribution in [0, 0.1) is 6.92 Å². The van der Waals surface area contributed by atoms with Crippen LogP contribution in [0.1, 0.15) is 18.9 Å². The van der Waals surface area contributed by atoms with Crippen molar-refractivity contribution in [3.05, 3.63) is 29.8 Å².